The molecule has 7 heteroatoms. The molecule has 124 valence electrons. The molecule has 2 aromatic rings. The molecule has 2 N–H and O–H groups in total. The van der Waals surface area contributed by atoms with Crippen LogP contribution in [0.4, 0.5) is 5.82 Å². The third-order valence-electron chi connectivity index (χ3n) is 4.71. The molecule has 4 heterocycles. The van der Waals surface area contributed by atoms with E-state index in [0.29, 0.717) is 26.3 Å². The summed E-state index contributed by atoms with van der Waals surface area (Å²) in [4.78, 5) is 16.3. The van der Waals surface area contributed by atoms with Crippen LogP contribution in [0.2, 0.25) is 0 Å². The van der Waals surface area contributed by atoms with Gasteiger partial charge in [0.15, 0.2) is 0 Å². The van der Waals surface area contributed by atoms with E-state index in [1.165, 1.54) is 12.8 Å². The number of aromatic nitrogens is 3. The fourth-order valence-electron chi connectivity index (χ4n) is 3.66. The van der Waals surface area contributed by atoms with Gasteiger partial charge < -0.3 is 24.6 Å². The lowest BCUT2D eigenvalue weighted by Gasteiger charge is -2.34. The quantitative estimate of drug-likeness (QED) is 0.864. The van der Waals surface area contributed by atoms with Gasteiger partial charge in [0, 0.05) is 19.3 Å². The summed E-state index contributed by atoms with van der Waals surface area (Å²) in [6.45, 7) is 5.01. The number of aromatic amines is 1. The van der Waals surface area contributed by atoms with Gasteiger partial charge in [0.05, 0.1) is 25.1 Å². The number of H-pyrrole nitrogens is 1. The number of hydrogen-bond acceptors (Lipinski definition) is 6. The lowest BCUT2D eigenvalue weighted by atomic mass is 10.0. The molecule has 2 aromatic heterocycles. The number of rotatable bonds is 3. The van der Waals surface area contributed by atoms with Gasteiger partial charge in [0.1, 0.15) is 23.4 Å². The number of ether oxygens (including phenoxy) is 1. The van der Waals surface area contributed by atoms with Crippen molar-refractivity contribution in [2.75, 3.05) is 50.8 Å². The molecule has 0 aliphatic carbocycles. The molecule has 0 unspecified atom stereocenters. The first-order valence-electron chi connectivity index (χ1n) is 8.29. The van der Waals surface area contributed by atoms with Crippen molar-refractivity contribution in [2.24, 2.45) is 0 Å². The highest BCUT2D eigenvalue weighted by Crippen LogP contribution is 2.26. The predicted octanol–water partition coefficient (Wildman–Crippen LogP) is 0.621. The van der Waals surface area contributed by atoms with E-state index in [0.717, 1.165) is 36.5 Å². The zero-order valence-electron chi connectivity index (χ0n) is 13.2. The Morgan fingerprint density at radius 1 is 1.26 bits per heavy atom. The topological polar surface area (TPSA) is 77.5 Å². The van der Waals surface area contributed by atoms with Crippen LogP contribution in [0, 0.1) is 0 Å². The fourth-order valence-corrected chi connectivity index (χ4v) is 3.66. The molecule has 0 amide bonds. The molecular weight excluding hydrogens is 294 g/mol. The number of hydrogen-bond donors (Lipinski definition) is 2. The van der Waals surface area contributed by atoms with E-state index in [-0.39, 0.29) is 0 Å². The van der Waals surface area contributed by atoms with Gasteiger partial charge >= 0.3 is 0 Å². The van der Waals surface area contributed by atoms with E-state index < -0.39 is 5.60 Å². The lowest BCUT2D eigenvalue weighted by Crippen LogP contribution is -2.52. The number of fused-ring (bicyclic) bond motifs is 1. The van der Waals surface area contributed by atoms with Crippen LogP contribution in [0.5, 0.6) is 0 Å². The summed E-state index contributed by atoms with van der Waals surface area (Å²) in [5, 5.41) is 12.1. The van der Waals surface area contributed by atoms with Gasteiger partial charge in [-0.25, -0.2) is 9.97 Å². The Hall–Kier alpha value is -1.70. The van der Waals surface area contributed by atoms with E-state index in [2.05, 4.69) is 24.8 Å². The Balaban J connectivity index is 1.59. The van der Waals surface area contributed by atoms with Crippen molar-refractivity contribution < 1.29 is 9.84 Å². The van der Waals surface area contributed by atoms with Crippen molar-refractivity contribution in [1.82, 2.24) is 19.9 Å². The van der Waals surface area contributed by atoms with Crippen LogP contribution < -0.4 is 4.90 Å². The molecule has 23 heavy (non-hydrogen) atoms. The Morgan fingerprint density at radius 3 is 3.00 bits per heavy atom. The highest BCUT2D eigenvalue weighted by Gasteiger charge is 2.36. The highest BCUT2D eigenvalue weighted by molar-refractivity contribution is 5.87. The molecule has 2 fully saturated rings. The Bertz CT molecular complexity index is 669. The second-order valence-electron chi connectivity index (χ2n) is 6.62. The molecule has 0 spiro atoms. The van der Waals surface area contributed by atoms with Gasteiger partial charge in [-0.2, -0.15) is 0 Å². The number of anilines is 1. The minimum absolute atomic E-state index is 0.376. The van der Waals surface area contributed by atoms with Gasteiger partial charge in [0.2, 0.25) is 0 Å². The smallest absolute Gasteiger partial charge is 0.142 e. The van der Waals surface area contributed by atoms with E-state index >= 15 is 0 Å². The van der Waals surface area contributed by atoms with Gasteiger partial charge in [-0.1, -0.05) is 0 Å². The summed E-state index contributed by atoms with van der Waals surface area (Å²) in [7, 11) is 0. The summed E-state index contributed by atoms with van der Waals surface area (Å²) in [5.74, 6) is 0.863. The summed E-state index contributed by atoms with van der Waals surface area (Å²) in [6, 6.07) is 1.98. The second kappa shape index (κ2) is 6.07. The molecule has 2 saturated heterocycles. The van der Waals surface area contributed by atoms with Crippen molar-refractivity contribution in [1.29, 1.82) is 0 Å². The maximum absolute atomic E-state index is 11.1. The average molecular weight is 317 g/mol. The number of likely N-dealkylation sites (tertiary alicyclic amines) is 1. The molecular formula is C16H23N5O2. The Kier molecular flexibility index (Phi) is 3.92. The highest BCUT2D eigenvalue weighted by atomic mass is 16.5. The largest absolute Gasteiger partial charge is 0.384 e. The molecule has 0 saturated carbocycles. The van der Waals surface area contributed by atoms with E-state index in [4.69, 9.17) is 4.74 Å². The van der Waals surface area contributed by atoms with Gasteiger partial charge in [-0.15, -0.1) is 0 Å². The molecule has 7 nitrogen and oxygen atoms in total. The third kappa shape index (κ3) is 3.04. The zero-order valence-corrected chi connectivity index (χ0v) is 13.2. The molecule has 0 aromatic carbocycles. The number of nitrogens with one attached hydrogen (secondary N) is 1. The van der Waals surface area contributed by atoms with E-state index in [1.807, 2.05) is 12.3 Å². The molecule has 0 radical (unpaired) electrons. The van der Waals surface area contributed by atoms with Crippen LogP contribution in [0.15, 0.2) is 18.6 Å². The summed E-state index contributed by atoms with van der Waals surface area (Å²) in [6.07, 6.45) is 5.88. The van der Waals surface area contributed by atoms with Gasteiger partial charge in [-0.3, -0.25) is 0 Å². The molecule has 1 atom stereocenters. The first kappa shape index (κ1) is 14.9. The van der Waals surface area contributed by atoms with Crippen molar-refractivity contribution >= 4 is 16.9 Å². The molecule has 2 aliphatic rings. The fraction of sp³-hybridized carbons (Fsp3) is 0.625. The standard InChI is InChI=1S/C16H23N5O2/c22-16(9-20-5-1-2-6-20)10-21(7-8-23-11-16)15-13-3-4-17-14(13)18-12-19-15/h3-4,12,22H,1-2,5-11H2,(H,17,18,19)/t16-/m1/s1. The first-order chi connectivity index (χ1) is 11.2. The Morgan fingerprint density at radius 2 is 2.13 bits per heavy atom. The van der Waals surface area contributed by atoms with Gasteiger partial charge in [-0.05, 0) is 32.0 Å². The first-order valence-corrected chi connectivity index (χ1v) is 8.29. The van der Waals surface area contributed by atoms with Crippen LogP contribution in [0.25, 0.3) is 11.0 Å². The van der Waals surface area contributed by atoms with Crippen LogP contribution in [-0.4, -0.2) is 76.5 Å². The van der Waals surface area contributed by atoms with Crippen molar-refractivity contribution in [3.8, 4) is 0 Å². The number of aliphatic hydroxyl groups is 1. The van der Waals surface area contributed by atoms with Crippen molar-refractivity contribution in [3.05, 3.63) is 18.6 Å². The Labute approximate surface area is 135 Å². The van der Waals surface area contributed by atoms with Crippen LogP contribution in [-0.2, 0) is 4.74 Å². The second-order valence-corrected chi connectivity index (χ2v) is 6.62. The van der Waals surface area contributed by atoms with Crippen molar-refractivity contribution in [2.45, 2.75) is 18.4 Å². The molecule has 4 rings (SSSR count). The maximum Gasteiger partial charge on any atom is 0.142 e. The molecule has 2 aliphatic heterocycles. The summed E-state index contributed by atoms with van der Waals surface area (Å²) >= 11 is 0. The third-order valence-corrected chi connectivity index (χ3v) is 4.71. The molecule has 0 bridgehead atoms. The van der Waals surface area contributed by atoms with Gasteiger partial charge in [0.25, 0.3) is 0 Å². The maximum atomic E-state index is 11.1. The minimum atomic E-state index is -0.867. The average Bonchev–Trinajstić information content (AvgIpc) is 3.17. The normalized spacial score (nSPS) is 26.7. The van der Waals surface area contributed by atoms with Crippen LogP contribution >= 0.6 is 0 Å². The van der Waals surface area contributed by atoms with Crippen LogP contribution in [0.3, 0.4) is 0 Å². The predicted molar refractivity (Wildman–Crippen MR) is 87.5 cm³/mol. The number of nitrogens with zero attached hydrogens (tertiary/aromatic N) is 4. The van der Waals surface area contributed by atoms with E-state index in [9.17, 15) is 5.11 Å². The lowest BCUT2D eigenvalue weighted by molar-refractivity contribution is -0.0439. The monoisotopic (exact) mass is 317 g/mol. The summed E-state index contributed by atoms with van der Waals surface area (Å²) < 4.78 is 5.70. The zero-order chi connectivity index (χ0) is 15.7. The minimum Gasteiger partial charge on any atom is -0.384 e. The van der Waals surface area contributed by atoms with Crippen LogP contribution in [0.1, 0.15) is 12.8 Å². The van der Waals surface area contributed by atoms with Crippen molar-refractivity contribution in [3.63, 3.8) is 0 Å². The SMILES string of the molecule is O[C@@]1(CN2CCCC2)COCCN(c2ncnc3[nH]ccc23)C1. The summed E-state index contributed by atoms with van der Waals surface area (Å²) in [5.41, 5.74) is -0.0442. The number of β-amino-alcohol motifs (C(OH)–C–C–N with tert-alkyl or cyclic N) is 1. The van der Waals surface area contributed by atoms with E-state index in [1.54, 1.807) is 6.33 Å².